The van der Waals surface area contributed by atoms with Crippen LogP contribution in [-0.2, 0) is 10.0 Å². The molecule has 1 atom stereocenters. The Labute approximate surface area is 99.2 Å². The van der Waals surface area contributed by atoms with Gasteiger partial charge in [0.2, 0.25) is 10.0 Å². The Balaban J connectivity index is 2.44. The van der Waals surface area contributed by atoms with Crippen molar-refractivity contribution in [2.75, 3.05) is 19.6 Å². The molecule has 0 radical (unpaired) electrons. The first kappa shape index (κ1) is 13.9. The van der Waals surface area contributed by atoms with Crippen LogP contribution in [0.5, 0.6) is 0 Å². The van der Waals surface area contributed by atoms with Crippen LogP contribution in [0.15, 0.2) is 0 Å². The lowest BCUT2D eigenvalue weighted by atomic mass is 9.99. The van der Waals surface area contributed by atoms with Gasteiger partial charge in [-0.3, -0.25) is 0 Å². The normalized spacial score (nSPS) is 21.2. The monoisotopic (exact) mass is 248 g/mol. The summed E-state index contributed by atoms with van der Waals surface area (Å²) in [5.41, 5.74) is 0. The van der Waals surface area contributed by atoms with E-state index >= 15 is 0 Å². The third kappa shape index (κ3) is 4.03. The Kier molecular flexibility index (Phi) is 5.21. The molecule has 1 aliphatic rings. The Morgan fingerprint density at radius 1 is 1.25 bits per heavy atom. The first-order valence-electron chi connectivity index (χ1n) is 6.12. The summed E-state index contributed by atoms with van der Waals surface area (Å²) in [6.45, 7) is 8.49. The Morgan fingerprint density at radius 3 is 2.31 bits per heavy atom. The van der Waals surface area contributed by atoms with Crippen LogP contribution >= 0.6 is 0 Å². The van der Waals surface area contributed by atoms with Gasteiger partial charge in [-0.25, -0.2) is 13.1 Å². The minimum absolute atomic E-state index is 0.201. The van der Waals surface area contributed by atoms with E-state index < -0.39 is 10.0 Å². The fraction of sp³-hybridized carbons (Fsp3) is 1.00. The van der Waals surface area contributed by atoms with Crippen LogP contribution in [0, 0.1) is 11.8 Å². The van der Waals surface area contributed by atoms with Crippen molar-refractivity contribution < 1.29 is 8.42 Å². The van der Waals surface area contributed by atoms with Gasteiger partial charge in [0.05, 0.1) is 5.25 Å². The molecule has 1 fully saturated rings. The van der Waals surface area contributed by atoms with Crippen molar-refractivity contribution in [1.29, 1.82) is 0 Å². The van der Waals surface area contributed by atoms with Crippen molar-refractivity contribution in [1.82, 2.24) is 10.0 Å². The molecule has 5 heteroatoms. The second kappa shape index (κ2) is 5.98. The maximum Gasteiger partial charge on any atom is 0.214 e. The summed E-state index contributed by atoms with van der Waals surface area (Å²) in [5.74, 6) is 0.896. The van der Waals surface area contributed by atoms with E-state index in [0.29, 0.717) is 18.4 Å². The van der Waals surface area contributed by atoms with Gasteiger partial charge in [-0.05, 0) is 37.8 Å². The molecule has 1 unspecified atom stereocenters. The topological polar surface area (TPSA) is 58.2 Å². The average Bonchev–Trinajstić information content (AvgIpc) is 2.27. The predicted molar refractivity (Wildman–Crippen MR) is 66.8 cm³/mol. The molecule has 1 heterocycles. The van der Waals surface area contributed by atoms with Crippen LogP contribution < -0.4 is 10.0 Å². The summed E-state index contributed by atoms with van der Waals surface area (Å²) in [7, 11) is -3.10. The summed E-state index contributed by atoms with van der Waals surface area (Å²) in [6, 6.07) is 0. The molecule has 4 nitrogen and oxygen atoms in total. The number of hydrogen-bond acceptors (Lipinski definition) is 3. The number of nitrogens with one attached hydrogen (secondary N) is 2. The van der Waals surface area contributed by atoms with Gasteiger partial charge in [-0.1, -0.05) is 20.8 Å². The molecule has 96 valence electrons. The minimum Gasteiger partial charge on any atom is -0.317 e. The van der Waals surface area contributed by atoms with E-state index in [1.807, 2.05) is 0 Å². The quantitative estimate of drug-likeness (QED) is 0.761. The number of piperidine rings is 1. The van der Waals surface area contributed by atoms with Crippen LogP contribution in [0.1, 0.15) is 33.6 Å². The third-order valence-electron chi connectivity index (χ3n) is 3.47. The van der Waals surface area contributed by atoms with Crippen LogP contribution in [0.3, 0.4) is 0 Å². The van der Waals surface area contributed by atoms with Gasteiger partial charge in [0.1, 0.15) is 0 Å². The zero-order chi connectivity index (χ0) is 12.2. The fourth-order valence-electron chi connectivity index (χ4n) is 1.71. The van der Waals surface area contributed by atoms with Crippen molar-refractivity contribution >= 4 is 10.0 Å². The summed E-state index contributed by atoms with van der Waals surface area (Å²) >= 11 is 0. The smallest absolute Gasteiger partial charge is 0.214 e. The van der Waals surface area contributed by atoms with Gasteiger partial charge in [-0.15, -0.1) is 0 Å². The van der Waals surface area contributed by atoms with E-state index in [-0.39, 0.29) is 5.25 Å². The lowest BCUT2D eigenvalue weighted by Crippen LogP contribution is -2.43. The van der Waals surface area contributed by atoms with Gasteiger partial charge in [0.15, 0.2) is 0 Å². The molecular formula is C11H24N2O2S. The highest BCUT2D eigenvalue weighted by molar-refractivity contribution is 7.90. The predicted octanol–water partition coefficient (Wildman–Crippen LogP) is 0.950. The van der Waals surface area contributed by atoms with Crippen LogP contribution in [0.25, 0.3) is 0 Å². The van der Waals surface area contributed by atoms with E-state index in [9.17, 15) is 8.42 Å². The summed E-state index contributed by atoms with van der Waals surface area (Å²) in [6.07, 6.45) is 1.46. The summed E-state index contributed by atoms with van der Waals surface area (Å²) in [4.78, 5) is 0. The summed E-state index contributed by atoms with van der Waals surface area (Å²) < 4.78 is 26.7. The zero-order valence-corrected chi connectivity index (χ0v) is 11.3. The van der Waals surface area contributed by atoms with E-state index in [1.165, 1.54) is 0 Å². The van der Waals surface area contributed by atoms with Crippen LogP contribution in [-0.4, -0.2) is 33.3 Å². The Bertz CT molecular complexity index is 295. The second-order valence-corrected chi connectivity index (χ2v) is 7.11. The molecule has 1 saturated heterocycles. The van der Waals surface area contributed by atoms with Crippen molar-refractivity contribution in [3.8, 4) is 0 Å². The number of rotatable bonds is 5. The number of hydrogen-bond donors (Lipinski definition) is 2. The molecule has 2 N–H and O–H groups in total. The second-order valence-electron chi connectivity index (χ2n) is 5.06. The first-order valence-corrected chi connectivity index (χ1v) is 7.67. The average molecular weight is 248 g/mol. The van der Waals surface area contributed by atoms with E-state index in [0.717, 1.165) is 25.9 Å². The molecule has 0 aliphatic carbocycles. The van der Waals surface area contributed by atoms with Crippen LogP contribution in [0.4, 0.5) is 0 Å². The fourth-order valence-corrected chi connectivity index (χ4v) is 3.29. The maximum atomic E-state index is 12.0. The van der Waals surface area contributed by atoms with Gasteiger partial charge in [-0.2, -0.15) is 0 Å². The summed E-state index contributed by atoms with van der Waals surface area (Å²) in [5, 5.41) is 2.98. The molecular weight excluding hydrogens is 224 g/mol. The van der Waals surface area contributed by atoms with E-state index in [4.69, 9.17) is 0 Å². The minimum atomic E-state index is -3.10. The van der Waals surface area contributed by atoms with Gasteiger partial charge < -0.3 is 5.32 Å². The molecule has 1 aliphatic heterocycles. The lowest BCUT2D eigenvalue weighted by Gasteiger charge is -2.24. The Hall–Kier alpha value is -0.130. The van der Waals surface area contributed by atoms with Crippen LogP contribution in [0.2, 0.25) is 0 Å². The van der Waals surface area contributed by atoms with Crippen molar-refractivity contribution in [2.24, 2.45) is 11.8 Å². The molecule has 0 aromatic rings. The number of sulfonamides is 1. The molecule has 0 saturated carbocycles. The molecule has 16 heavy (non-hydrogen) atoms. The molecule has 1 rings (SSSR count). The third-order valence-corrected chi connectivity index (χ3v) is 5.39. The van der Waals surface area contributed by atoms with Crippen molar-refractivity contribution in [3.63, 3.8) is 0 Å². The molecule has 0 aromatic carbocycles. The highest BCUT2D eigenvalue weighted by atomic mass is 32.2. The molecule has 0 amide bonds. The lowest BCUT2D eigenvalue weighted by molar-refractivity contribution is 0.410. The molecule has 0 bridgehead atoms. The molecule has 0 spiro atoms. The molecule has 0 aromatic heterocycles. The van der Waals surface area contributed by atoms with E-state index in [1.54, 1.807) is 0 Å². The van der Waals surface area contributed by atoms with Gasteiger partial charge in [0.25, 0.3) is 0 Å². The highest BCUT2D eigenvalue weighted by Crippen LogP contribution is 2.14. The van der Waals surface area contributed by atoms with E-state index in [2.05, 4.69) is 30.8 Å². The Morgan fingerprint density at radius 2 is 1.81 bits per heavy atom. The first-order chi connectivity index (χ1) is 7.43. The largest absolute Gasteiger partial charge is 0.317 e. The zero-order valence-electron chi connectivity index (χ0n) is 10.5. The van der Waals surface area contributed by atoms with Crippen molar-refractivity contribution in [3.05, 3.63) is 0 Å². The van der Waals surface area contributed by atoms with Gasteiger partial charge in [0, 0.05) is 6.54 Å². The van der Waals surface area contributed by atoms with Crippen molar-refractivity contribution in [2.45, 2.75) is 38.9 Å². The van der Waals surface area contributed by atoms with Gasteiger partial charge >= 0.3 is 0 Å². The highest BCUT2D eigenvalue weighted by Gasteiger charge is 2.27. The maximum absolute atomic E-state index is 12.0. The SMILES string of the molecule is CC(C)C(C)CNS(=O)(=O)C1CCNCC1. The standard InChI is InChI=1S/C11H24N2O2S/c1-9(2)10(3)8-13-16(14,15)11-4-6-12-7-5-11/h9-13H,4-8H2,1-3H3.